The van der Waals surface area contributed by atoms with Crippen molar-refractivity contribution in [3.63, 3.8) is 0 Å². The molecular formula is C16H24ClN3. The monoisotopic (exact) mass is 293 g/mol. The highest BCUT2D eigenvalue weighted by atomic mass is 35.5. The summed E-state index contributed by atoms with van der Waals surface area (Å²) in [6.45, 7) is 5.43. The van der Waals surface area contributed by atoms with E-state index in [2.05, 4.69) is 28.0 Å². The molecule has 20 heavy (non-hydrogen) atoms. The van der Waals surface area contributed by atoms with Gasteiger partial charge in [-0.3, -0.25) is 4.90 Å². The normalized spacial score (nSPS) is 23.7. The van der Waals surface area contributed by atoms with E-state index in [4.69, 9.17) is 17.3 Å². The smallest absolute Gasteiger partial charge is 0.0642 e. The minimum Gasteiger partial charge on any atom is -0.369 e. The summed E-state index contributed by atoms with van der Waals surface area (Å²) in [5.41, 5.74) is 8.04. The Morgan fingerprint density at radius 1 is 1.20 bits per heavy atom. The molecule has 2 N–H and O–H groups in total. The van der Waals surface area contributed by atoms with Gasteiger partial charge in [0.1, 0.15) is 0 Å². The van der Waals surface area contributed by atoms with Crippen LogP contribution in [-0.4, -0.2) is 43.7 Å². The maximum absolute atomic E-state index is 6.50. The molecule has 0 aromatic heterocycles. The van der Waals surface area contributed by atoms with Gasteiger partial charge in [-0.1, -0.05) is 17.7 Å². The summed E-state index contributed by atoms with van der Waals surface area (Å²) < 4.78 is 0. The number of halogens is 1. The van der Waals surface area contributed by atoms with Gasteiger partial charge in [-0.15, -0.1) is 0 Å². The van der Waals surface area contributed by atoms with Gasteiger partial charge in [0.2, 0.25) is 0 Å². The fourth-order valence-electron chi connectivity index (χ4n) is 3.55. The number of nitrogens with two attached hydrogens (primary N) is 1. The third kappa shape index (κ3) is 2.95. The Kier molecular flexibility index (Phi) is 4.49. The fourth-order valence-corrected chi connectivity index (χ4v) is 3.88. The maximum Gasteiger partial charge on any atom is 0.0642 e. The molecule has 4 heteroatoms. The average molecular weight is 294 g/mol. The highest BCUT2D eigenvalue weighted by Gasteiger charge is 2.29. The fraction of sp³-hybridized carbons (Fsp3) is 0.625. The van der Waals surface area contributed by atoms with Gasteiger partial charge in [-0.25, -0.2) is 0 Å². The summed E-state index contributed by atoms with van der Waals surface area (Å²) in [4.78, 5) is 5.13. The summed E-state index contributed by atoms with van der Waals surface area (Å²) in [6, 6.07) is 7.15. The number of rotatable bonds is 3. The SMILES string of the molecule is NCCc1ccc(N2CCCN3CCCC3C2)c(Cl)c1. The van der Waals surface area contributed by atoms with Crippen molar-refractivity contribution in [2.75, 3.05) is 37.6 Å². The van der Waals surface area contributed by atoms with Crippen LogP contribution in [0.2, 0.25) is 5.02 Å². The van der Waals surface area contributed by atoms with Gasteiger partial charge in [0.15, 0.2) is 0 Å². The van der Waals surface area contributed by atoms with E-state index in [-0.39, 0.29) is 0 Å². The van der Waals surface area contributed by atoms with Crippen molar-refractivity contribution in [2.24, 2.45) is 5.73 Å². The molecule has 0 saturated carbocycles. The van der Waals surface area contributed by atoms with Crippen LogP contribution in [0.15, 0.2) is 18.2 Å². The first-order chi connectivity index (χ1) is 9.78. The Hall–Kier alpha value is -0.770. The van der Waals surface area contributed by atoms with E-state index in [9.17, 15) is 0 Å². The van der Waals surface area contributed by atoms with E-state index < -0.39 is 0 Å². The molecular weight excluding hydrogens is 270 g/mol. The van der Waals surface area contributed by atoms with Crippen LogP contribution in [-0.2, 0) is 6.42 Å². The standard InChI is InChI=1S/C16H24ClN3/c17-15-11-13(6-7-18)4-5-16(15)20-10-2-9-19-8-1-3-14(19)12-20/h4-5,11,14H,1-3,6-10,12,18H2. The summed E-state index contributed by atoms with van der Waals surface area (Å²) in [5.74, 6) is 0. The molecule has 0 spiro atoms. The van der Waals surface area contributed by atoms with Crippen LogP contribution >= 0.6 is 11.6 Å². The number of fused-ring (bicyclic) bond motifs is 1. The Balaban J connectivity index is 1.77. The van der Waals surface area contributed by atoms with Crippen LogP contribution in [0, 0.1) is 0 Å². The molecule has 3 nitrogen and oxygen atoms in total. The Labute approximate surface area is 126 Å². The first kappa shape index (κ1) is 14.2. The molecule has 0 radical (unpaired) electrons. The van der Waals surface area contributed by atoms with E-state index in [0.29, 0.717) is 6.54 Å². The molecule has 1 aromatic carbocycles. The molecule has 2 aliphatic rings. The van der Waals surface area contributed by atoms with Crippen molar-refractivity contribution in [2.45, 2.75) is 31.7 Å². The molecule has 1 atom stereocenters. The first-order valence-electron chi connectivity index (χ1n) is 7.75. The average Bonchev–Trinajstić information content (AvgIpc) is 2.77. The van der Waals surface area contributed by atoms with E-state index in [1.807, 2.05) is 0 Å². The highest BCUT2D eigenvalue weighted by Crippen LogP contribution is 2.30. The van der Waals surface area contributed by atoms with Gasteiger partial charge in [0.25, 0.3) is 0 Å². The predicted molar refractivity (Wildman–Crippen MR) is 85.6 cm³/mol. The van der Waals surface area contributed by atoms with Gasteiger partial charge in [-0.05, 0) is 56.5 Å². The van der Waals surface area contributed by atoms with Crippen molar-refractivity contribution in [3.8, 4) is 0 Å². The van der Waals surface area contributed by atoms with Crippen LogP contribution < -0.4 is 10.6 Å². The van der Waals surface area contributed by atoms with E-state index >= 15 is 0 Å². The summed E-state index contributed by atoms with van der Waals surface area (Å²) in [5, 5.41) is 0.877. The van der Waals surface area contributed by atoms with Crippen molar-refractivity contribution in [1.29, 1.82) is 0 Å². The summed E-state index contributed by atoms with van der Waals surface area (Å²) >= 11 is 6.50. The molecule has 110 valence electrons. The predicted octanol–water partition coefficient (Wildman–Crippen LogP) is 2.52. The minimum atomic E-state index is 0.677. The zero-order valence-electron chi connectivity index (χ0n) is 12.0. The van der Waals surface area contributed by atoms with Gasteiger partial charge in [0, 0.05) is 25.7 Å². The number of hydrogen-bond donors (Lipinski definition) is 1. The van der Waals surface area contributed by atoms with E-state index in [1.54, 1.807) is 0 Å². The second-order valence-corrected chi connectivity index (χ2v) is 6.36. The molecule has 2 fully saturated rings. The summed E-state index contributed by atoms with van der Waals surface area (Å²) in [7, 11) is 0. The van der Waals surface area contributed by atoms with Crippen LogP contribution in [0.3, 0.4) is 0 Å². The van der Waals surface area contributed by atoms with Gasteiger partial charge < -0.3 is 10.6 Å². The van der Waals surface area contributed by atoms with Gasteiger partial charge in [0.05, 0.1) is 10.7 Å². The van der Waals surface area contributed by atoms with Crippen molar-refractivity contribution in [3.05, 3.63) is 28.8 Å². The Bertz CT molecular complexity index is 463. The minimum absolute atomic E-state index is 0.677. The van der Waals surface area contributed by atoms with E-state index in [0.717, 1.165) is 30.6 Å². The maximum atomic E-state index is 6.50. The van der Waals surface area contributed by atoms with Crippen LogP contribution in [0.1, 0.15) is 24.8 Å². The molecule has 3 rings (SSSR count). The zero-order chi connectivity index (χ0) is 13.9. The second-order valence-electron chi connectivity index (χ2n) is 5.96. The molecule has 2 aliphatic heterocycles. The van der Waals surface area contributed by atoms with Crippen molar-refractivity contribution < 1.29 is 0 Å². The quantitative estimate of drug-likeness (QED) is 0.929. The van der Waals surface area contributed by atoms with Crippen LogP contribution in [0.4, 0.5) is 5.69 Å². The number of nitrogens with zero attached hydrogens (tertiary/aromatic N) is 2. The topological polar surface area (TPSA) is 32.5 Å². The molecule has 0 amide bonds. The lowest BCUT2D eigenvalue weighted by molar-refractivity contribution is 0.273. The second kappa shape index (κ2) is 6.33. The van der Waals surface area contributed by atoms with Crippen molar-refractivity contribution >= 4 is 17.3 Å². The highest BCUT2D eigenvalue weighted by molar-refractivity contribution is 6.33. The molecule has 0 bridgehead atoms. The molecule has 1 unspecified atom stereocenters. The zero-order valence-corrected chi connectivity index (χ0v) is 12.8. The third-order valence-corrected chi connectivity index (χ3v) is 4.89. The molecule has 1 aromatic rings. The molecule has 2 saturated heterocycles. The van der Waals surface area contributed by atoms with E-state index in [1.165, 1.54) is 43.6 Å². The Morgan fingerprint density at radius 3 is 2.85 bits per heavy atom. The number of hydrogen-bond acceptors (Lipinski definition) is 3. The number of anilines is 1. The Morgan fingerprint density at radius 2 is 2.05 bits per heavy atom. The molecule has 2 heterocycles. The van der Waals surface area contributed by atoms with Gasteiger partial charge in [-0.2, -0.15) is 0 Å². The lowest BCUT2D eigenvalue weighted by Crippen LogP contribution is -2.36. The van der Waals surface area contributed by atoms with Crippen LogP contribution in [0.5, 0.6) is 0 Å². The molecule has 0 aliphatic carbocycles. The first-order valence-corrected chi connectivity index (χ1v) is 8.13. The number of benzene rings is 1. The summed E-state index contributed by atoms with van der Waals surface area (Å²) in [6.07, 6.45) is 4.81. The largest absolute Gasteiger partial charge is 0.369 e. The lowest BCUT2D eigenvalue weighted by Gasteiger charge is -2.28. The van der Waals surface area contributed by atoms with Crippen molar-refractivity contribution in [1.82, 2.24) is 4.90 Å². The lowest BCUT2D eigenvalue weighted by atomic mass is 10.1. The third-order valence-electron chi connectivity index (χ3n) is 4.59. The van der Waals surface area contributed by atoms with Crippen LogP contribution in [0.25, 0.3) is 0 Å². The van der Waals surface area contributed by atoms with Gasteiger partial charge >= 0.3 is 0 Å².